The Labute approximate surface area is 202 Å². The van der Waals surface area contributed by atoms with Crippen molar-refractivity contribution < 1.29 is 22.7 Å². The van der Waals surface area contributed by atoms with Gasteiger partial charge in [-0.3, -0.25) is 13.9 Å². The van der Waals surface area contributed by atoms with Gasteiger partial charge >= 0.3 is 0 Å². The number of nitrogens with zero attached hydrogens (tertiary/aromatic N) is 2. The average Bonchev–Trinajstić information content (AvgIpc) is 2.77. The second-order valence-electron chi connectivity index (χ2n) is 8.51. The Balaban J connectivity index is 2.47. The molecule has 0 heterocycles. The van der Waals surface area contributed by atoms with Gasteiger partial charge in [-0.05, 0) is 50.5 Å². The van der Waals surface area contributed by atoms with E-state index in [1.54, 1.807) is 24.3 Å². The molecule has 1 atom stereocenters. The minimum Gasteiger partial charge on any atom is -0.497 e. The number of sulfonamides is 1. The number of anilines is 1. The molecule has 0 aromatic heterocycles. The van der Waals surface area contributed by atoms with E-state index in [1.165, 1.54) is 12.0 Å². The van der Waals surface area contributed by atoms with Crippen molar-refractivity contribution in [2.24, 2.45) is 0 Å². The van der Waals surface area contributed by atoms with Gasteiger partial charge in [-0.25, -0.2) is 8.42 Å². The lowest BCUT2D eigenvalue weighted by Gasteiger charge is -2.33. The van der Waals surface area contributed by atoms with Crippen molar-refractivity contribution in [1.82, 2.24) is 10.2 Å². The van der Waals surface area contributed by atoms with Crippen LogP contribution in [0.1, 0.15) is 38.3 Å². The molecule has 0 bridgehead atoms. The van der Waals surface area contributed by atoms with E-state index in [-0.39, 0.29) is 18.5 Å². The number of carbonyl (C=O) groups is 2. The molecule has 186 valence electrons. The number of ether oxygens (including phenoxy) is 1. The molecule has 0 aliphatic rings. The highest BCUT2D eigenvalue weighted by molar-refractivity contribution is 7.92. The maximum absolute atomic E-state index is 13.6. The number of aryl methyl sites for hydroxylation is 1. The number of benzene rings is 2. The predicted molar refractivity (Wildman–Crippen MR) is 134 cm³/mol. The first-order valence-electron chi connectivity index (χ1n) is 11.2. The zero-order valence-electron chi connectivity index (χ0n) is 20.7. The Hall–Kier alpha value is -3.07. The van der Waals surface area contributed by atoms with Crippen molar-refractivity contribution >= 4 is 27.5 Å². The number of hydrogen-bond acceptors (Lipinski definition) is 5. The highest BCUT2D eigenvalue weighted by Gasteiger charge is 2.32. The topological polar surface area (TPSA) is 96.0 Å². The number of nitrogens with one attached hydrogen (secondary N) is 1. The van der Waals surface area contributed by atoms with Crippen LogP contribution in [0.3, 0.4) is 0 Å². The van der Waals surface area contributed by atoms with Crippen molar-refractivity contribution in [2.45, 2.75) is 52.7 Å². The zero-order chi connectivity index (χ0) is 25.5. The molecule has 8 nitrogen and oxygen atoms in total. The summed E-state index contributed by atoms with van der Waals surface area (Å²) in [5.41, 5.74) is 2.18. The van der Waals surface area contributed by atoms with Gasteiger partial charge in [0.15, 0.2) is 0 Å². The molecular weight excluding hydrogens is 454 g/mol. The Morgan fingerprint density at radius 2 is 1.76 bits per heavy atom. The number of carbonyl (C=O) groups excluding carboxylic acids is 2. The van der Waals surface area contributed by atoms with E-state index in [0.717, 1.165) is 21.7 Å². The van der Waals surface area contributed by atoms with Crippen LogP contribution in [-0.2, 0) is 26.2 Å². The van der Waals surface area contributed by atoms with Crippen LogP contribution in [-0.4, -0.2) is 57.1 Å². The molecule has 2 rings (SSSR count). The molecule has 0 radical (unpaired) electrons. The Kier molecular flexibility index (Phi) is 9.49. The second kappa shape index (κ2) is 11.9. The Morgan fingerprint density at radius 3 is 2.32 bits per heavy atom. The van der Waals surface area contributed by atoms with Gasteiger partial charge < -0.3 is 15.0 Å². The lowest BCUT2D eigenvalue weighted by atomic mass is 10.1. The minimum atomic E-state index is -3.79. The molecule has 34 heavy (non-hydrogen) atoms. The monoisotopic (exact) mass is 489 g/mol. The summed E-state index contributed by atoms with van der Waals surface area (Å²) in [6.07, 6.45) is 1.43. The molecular formula is C25H35N3O5S. The third-order valence-electron chi connectivity index (χ3n) is 5.44. The highest BCUT2D eigenvalue weighted by atomic mass is 32.2. The van der Waals surface area contributed by atoms with Crippen LogP contribution in [0.15, 0.2) is 48.5 Å². The molecule has 0 saturated carbocycles. The first-order chi connectivity index (χ1) is 16.0. The van der Waals surface area contributed by atoms with Gasteiger partial charge in [0.05, 0.1) is 19.1 Å². The van der Waals surface area contributed by atoms with Crippen molar-refractivity contribution in [3.05, 3.63) is 59.7 Å². The van der Waals surface area contributed by atoms with Gasteiger partial charge in [-0.15, -0.1) is 0 Å². The maximum Gasteiger partial charge on any atom is 0.244 e. The molecule has 0 saturated heterocycles. The van der Waals surface area contributed by atoms with Gasteiger partial charge in [0, 0.05) is 18.7 Å². The van der Waals surface area contributed by atoms with Crippen molar-refractivity contribution in [1.29, 1.82) is 0 Å². The van der Waals surface area contributed by atoms with Crippen LogP contribution in [0.25, 0.3) is 0 Å². The summed E-state index contributed by atoms with van der Waals surface area (Å²) in [6, 6.07) is 13.3. The van der Waals surface area contributed by atoms with E-state index >= 15 is 0 Å². The lowest BCUT2D eigenvalue weighted by Crippen LogP contribution is -2.53. The molecule has 2 amide bonds. The van der Waals surface area contributed by atoms with E-state index in [4.69, 9.17) is 4.74 Å². The molecule has 2 aromatic rings. The third kappa shape index (κ3) is 7.21. The number of methoxy groups -OCH3 is 1. The second-order valence-corrected chi connectivity index (χ2v) is 10.4. The smallest absolute Gasteiger partial charge is 0.244 e. The summed E-state index contributed by atoms with van der Waals surface area (Å²) in [5.74, 6) is -0.271. The van der Waals surface area contributed by atoms with Gasteiger partial charge in [0.25, 0.3) is 0 Å². The first-order valence-corrected chi connectivity index (χ1v) is 13.1. The summed E-state index contributed by atoms with van der Waals surface area (Å²) in [6.45, 7) is 7.22. The van der Waals surface area contributed by atoms with Crippen molar-refractivity contribution in [2.75, 3.05) is 24.2 Å². The molecule has 1 N–H and O–H groups in total. The third-order valence-corrected chi connectivity index (χ3v) is 6.58. The molecule has 9 heteroatoms. The molecule has 0 fully saturated rings. The van der Waals surface area contributed by atoms with Crippen molar-refractivity contribution in [3.8, 4) is 5.75 Å². The summed E-state index contributed by atoms with van der Waals surface area (Å²) < 4.78 is 31.6. The summed E-state index contributed by atoms with van der Waals surface area (Å²) in [7, 11) is -2.31. The fourth-order valence-electron chi connectivity index (χ4n) is 3.65. The molecule has 0 aliphatic heterocycles. The average molecular weight is 490 g/mol. The largest absolute Gasteiger partial charge is 0.497 e. The summed E-state index contributed by atoms with van der Waals surface area (Å²) in [4.78, 5) is 28.1. The van der Waals surface area contributed by atoms with Crippen LogP contribution in [0.4, 0.5) is 5.69 Å². The van der Waals surface area contributed by atoms with E-state index in [9.17, 15) is 18.0 Å². The van der Waals surface area contributed by atoms with Gasteiger partial charge in [-0.2, -0.15) is 0 Å². The van der Waals surface area contributed by atoms with E-state index in [1.807, 2.05) is 52.0 Å². The molecule has 2 aromatic carbocycles. The predicted octanol–water partition coefficient (Wildman–Crippen LogP) is 3.10. The minimum absolute atomic E-state index is 0.0961. The van der Waals surface area contributed by atoms with Gasteiger partial charge in [0.2, 0.25) is 21.8 Å². The lowest BCUT2D eigenvalue weighted by molar-refractivity contribution is -0.140. The van der Waals surface area contributed by atoms with Crippen LogP contribution in [0, 0.1) is 6.92 Å². The Morgan fingerprint density at radius 1 is 1.09 bits per heavy atom. The highest BCUT2D eigenvalue weighted by Crippen LogP contribution is 2.24. The van der Waals surface area contributed by atoms with E-state index in [0.29, 0.717) is 17.9 Å². The number of hydrogen-bond donors (Lipinski definition) is 1. The fraction of sp³-hybridized carbons (Fsp3) is 0.440. The molecule has 0 unspecified atom stereocenters. The van der Waals surface area contributed by atoms with E-state index < -0.39 is 28.5 Å². The van der Waals surface area contributed by atoms with Crippen LogP contribution < -0.4 is 14.4 Å². The van der Waals surface area contributed by atoms with Crippen LogP contribution >= 0.6 is 0 Å². The first kappa shape index (κ1) is 27.2. The summed E-state index contributed by atoms with van der Waals surface area (Å²) in [5, 5.41) is 2.88. The van der Waals surface area contributed by atoms with Gasteiger partial charge in [-0.1, -0.05) is 37.3 Å². The molecule has 0 aliphatic carbocycles. The maximum atomic E-state index is 13.6. The van der Waals surface area contributed by atoms with Crippen LogP contribution in [0.5, 0.6) is 5.75 Å². The van der Waals surface area contributed by atoms with Crippen LogP contribution in [0.2, 0.25) is 0 Å². The number of amides is 2. The number of rotatable bonds is 11. The normalized spacial score (nSPS) is 12.2. The van der Waals surface area contributed by atoms with Crippen molar-refractivity contribution in [3.63, 3.8) is 0 Å². The summed E-state index contributed by atoms with van der Waals surface area (Å²) >= 11 is 0. The Bertz CT molecular complexity index is 1100. The quantitative estimate of drug-likeness (QED) is 0.523. The standard InChI is InChI=1S/C25H35N3O5S/c1-7-23(25(30)26-18(2)3)27(16-20-12-9-8-11-19(20)4)24(29)17-28(34(6,31)32)21-13-10-14-22(15-21)33-5/h8-15,18,23H,7,16-17H2,1-6H3,(H,26,30)/t23-/m0/s1. The molecule has 0 spiro atoms. The fourth-order valence-corrected chi connectivity index (χ4v) is 4.49. The SMILES string of the molecule is CC[C@@H](C(=O)NC(C)C)N(Cc1ccccc1C)C(=O)CN(c1cccc(OC)c1)S(C)(=O)=O. The van der Waals surface area contributed by atoms with E-state index in [2.05, 4.69) is 5.32 Å². The zero-order valence-corrected chi connectivity index (χ0v) is 21.6. The van der Waals surface area contributed by atoms with Gasteiger partial charge in [0.1, 0.15) is 18.3 Å².